The first-order valence-corrected chi connectivity index (χ1v) is 3.21. The maximum absolute atomic E-state index is 2.41. The SMILES string of the molecule is CC1C[CH-]CCC1.[Re].[Re]. The molecular weight excluding hydrogens is 456 g/mol. The predicted molar refractivity (Wildman–Crippen MR) is 31.9 cm³/mol. The van der Waals surface area contributed by atoms with Gasteiger partial charge in [0.2, 0.25) is 0 Å². The Labute approximate surface area is 85.5 Å². The van der Waals surface area contributed by atoms with Crippen molar-refractivity contribution in [2.24, 2.45) is 5.92 Å². The van der Waals surface area contributed by atoms with E-state index in [2.05, 4.69) is 13.3 Å². The van der Waals surface area contributed by atoms with Crippen LogP contribution in [0.4, 0.5) is 0 Å². The Bertz CT molecular complexity index is 48.9. The van der Waals surface area contributed by atoms with Crippen molar-refractivity contribution in [1.29, 1.82) is 0 Å². The Balaban J connectivity index is 0. The van der Waals surface area contributed by atoms with E-state index in [4.69, 9.17) is 0 Å². The summed E-state index contributed by atoms with van der Waals surface area (Å²) in [5, 5.41) is 0. The van der Waals surface area contributed by atoms with Gasteiger partial charge in [-0.25, -0.2) is 0 Å². The Morgan fingerprint density at radius 3 is 2.22 bits per heavy atom. The fourth-order valence-corrected chi connectivity index (χ4v) is 1.13. The summed E-state index contributed by atoms with van der Waals surface area (Å²) in [7, 11) is 0. The number of hydrogen-bond acceptors (Lipinski definition) is 0. The second-order valence-corrected chi connectivity index (χ2v) is 2.56. The van der Waals surface area contributed by atoms with Gasteiger partial charge in [0.05, 0.1) is 0 Å². The minimum absolute atomic E-state index is 0. The van der Waals surface area contributed by atoms with Crippen molar-refractivity contribution < 1.29 is 40.8 Å². The first kappa shape index (κ1) is 13.0. The Morgan fingerprint density at radius 1 is 1.33 bits per heavy atom. The summed E-state index contributed by atoms with van der Waals surface area (Å²) >= 11 is 0. The van der Waals surface area contributed by atoms with Crippen LogP contribution in [0.25, 0.3) is 0 Å². The molecule has 56 valence electrons. The third-order valence-electron chi connectivity index (χ3n) is 1.67. The summed E-state index contributed by atoms with van der Waals surface area (Å²) in [6.45, 7) is 2.33. The fourth-order valence-electron chi connectivity index (χ4n) is 1.13. The molecule has 0 N–H and O–H groups in total. The average molecular weight is 470 g/mol. The molecular formula is C7H13Re2-. The maximum atomic E-state index is 2.41. The van der Waals surface area contributed by atoms with Crippen LogP contribution in [-0.4, -0.2) is 0 Å². The molecule has 1 rings (SSSR count). The van der Waals surface area contributed by atoms with Crippen LogP contribution in [0.1, 0.15) is 32.6 Å². The van der Waals surface area contributed by atoms with Crippen molar-refractivity contribution in [3.8, 4) is 0 Å². The molecule has 0 nitrogen and oxygen atoms in total. The van der Waals surface area contributed by atoms with Gasteiger partial charge in [-0.2, -0.15) is 12.8 Å². The third kappa shape index (κ3) is 5.75. The molecule has 0 aliphatic heterocycles. The summed E-state index contributed by atoms with van der Waals surface area (Å²) in [6.07, 6.45) is 8.02. The molecule has 1 unspecified atom stereocenters. The third-order valence-corrected chi connectivity index (χ3v) is 1.67. The summed E-state index contributed by atoms with van der Waals surface area (Å²) in [4.78, 5) is 0. The second kappa shape index (κ2) is 7.43. The van der Waals surface area contributed by atoms with E-state index in [9.17, 15) is 0 Å². The van der Waals surface area contributed by atoms with Crippen LogP contribution >= 0.6 is 0 Å². The summed E-state index contributed by atoms with van der Waals surface area (Å²) in [5.74, 6) is 0.980. The van der Waals surface area contributed by atoms with Crippen molar-refractivity contribution >= 4 is 0 Å². The van der Waals surface area contributed by atoms with Crippen molar-refractivity contribution in [2.45, 2.75) is 32.6 Å². The molecule has 1 saturated carbocycles. The van der Waals surface area contributed by atoms with E-state index in [-0.39, 0.29) is 40.8 Å². The van der Waals surface area contributed by atoms with E-state index in [1.807, 2.05) is 0 Å². The van der Waals surface area contributed by atoms with E-state index >= 15 is 0 Å². The molecule has 0 aromatic heterocycles. The summed E-state index contributed by atoms with van der Waals surface area (Å²) in [5.41, 5.74) is 0. The van der Waals surface area contributed by atoms with Crippen molar-refractivity contribution in [3.05, 3.63) is 6.42 Å². The van der Waals surface area contributed by atoms with Gasteiger partial charge in [-0.15, -0.1) is 0 Å². The minimum atomic E-state index is 0. The van der Waals surface area contributed by atoms with Crippen LogP contribution in [0.15, 0.2) is 0 Å². The largest absolute Gasteiger partial charge is 0.328 e. The predicted octanol–water partition coefficient (Wildman–Crippen LogP) is 2.40. The van der Waals surface area contributed by atoms with Gasteiger partial charge in [-0.3, -0.25) is 0 Å². The van der Waals surface area contributed by atoms with Crippen LogP contribution in [0.5, 0.6) is 0 Å². The van der Waals surface area contributed by atoms with Crippen LogP contribution in [0.3, 0.4) is 0 Å². The van der Waals surface area contributed by atoms with Crippen molar-refractivity contribution in [2.75, 3.05) is 0 Å². The van der Waals surface area contributed by atoms with Gasteiger partial charge >= 0.3 is 0 Å². The van der Waals surface area contributed by atoms with Gasteiger partial charge < -0.3 is 6.42 Å². The average Bonchev–Trinajstić information content (AvgIpc) is 1.69. The molecule has 0 amide bonds. The minimum Gasteiger partial charge on any atom is -0.328 e. The van der Waals surface area contributed by atoms with E-state index in [1.54, 1.807) is 0 Å². The van der Waals surface area contributed by atoms with Crippen LogP contribution < -0.4 is 0 Å². The number of hydrogen-bond donors (Lipinski definition) is 0. The van der Waals surface area contributed by atoms with E-state index in [0.29, 0.717) is 0 Å². The molecule has 0 bridgehead atoms. The van der Waals surface area contributed by atoms with E-state index in [0.717, 1.165) is 5.92 Å². The van der Waals surface area contributed by atoms with Gasteiger partial charge in [0, 0.05) is 40.8 Å². The van der Waals surface area contributed by atoms with Crippen molar-refractivity contribution in [1.82, 2.24) is 0 Å². The van der Waals surface area contributed by atoms with Gasteiger partial charge in [-0.1, -0.05) is 25.7 Å². The first-order chi connectivity index (χ1) is 3.39. The summed E-state index contributed by atoms with van der Waals surface area (Å²) < 4.78 is 0. The molecule has 2 heteroatoms. The van der Waals surface area contributed by atoms with E-state index < -0.39 is 0 Å². The van der Waals surface area contributed by atoms with E-state index in [1.165, 1.54) is 25.7 Å². The standard InChI is InChI=1S/C7H13.2Re/c1-7-5-3-2-4-6-7;;/h3,7H,2,4-6H2,1H3;;/q-1;;. The molecule has 1 aliphatic carbocycles. The monoisotopic (exact) mass is 471 g/mol. The topological polar surface area (TPSA) is 0 Å². The molecule has 0 aromatic carbocycles. The van der Waals surface area contributed by atoms with Gasteiger partial charge in [0.15, 0.2) is 0 Å². The van der Waals surface area contributed by atoms with Crippen LogP contribution in [0, 0.1) is 12.3 Å². The molecule has 0 spiro atoms. The Hall–Kier alpha value is 1.32. The van der Waals surface area contributed by atoms with Gasteiger partial charge in [0.25, 0.3) is 0 Å². The molecule has 1 aliphatic rings. The normalized spacial score (nSPS) is 25.7. The maximum Gasteiger partial charge on any atom is 0 e. The Morgan fingerprint density at radius 2 is 2.00 bits per heavy atom. The zero-order valence-electron chi connectivity index (χ0n) is 5.74. The zero-order chi connectivity index (χ0) is 5.11. The fraction of sp³-hybridized carbons (Fsp3) is 0.857. The molecule has 0 heterocycles. The molecule has 0 aromatic rings. The van der Waals surface area contributed by atoms with Crippen LogP contribution in [-0.2, 0) is 40.8 Å². The van der Waals surface area contributed by atoms with Crippen LogP contribution in [0.2, 0.25) is 0 Å². The Kier molecular flexibility index (Phi) is 10.7. The zero-order valence-corrected chi connectivity index (χ0v) is 11.2. The molecule has 0 saturated heterocycles. The smallest absolute Gasteiger partial charge is 0 e. The van der Waals surface area contributed by atoms with Gasteiger partial charge in [0.1, 0.15) is 0 Å². The molecule has 9 heavy (non-hydrogen) atoms. The van der Waals surface area contributed by atoms with Gasteiger partial charge in [-0.05, 0) is 0 Å². The summed E-state index contributed by atoms with van der Waals surface area (Å²) in [6, 6.07) is 0. The first-order valence-electron chi connectivity index (χ1n) is 3.21. The quantitative estimate of drug-likeness (QED) is 0.478. The molecule has 1 atom stereocenters. The molecule has 2 radical (unpaired) electrons. The van der Waals surface area contributed by atoms with Crippen molar-refractivity contribution in [3.63, 3.8) is 0 Å². The second-order valence-electron chi connectivity index (χ2n) is 2.56. The number of rotatable bonds is 0. The molecule has 1 fully saturated rings.